The number of hydrogen-bond acceptors (Lipinski definition) is 3. The maximum Gasteiger partial charge on any atom is 0.416 e. The molecule has 1 fully saturated rings. The van der Waals surface area contributed by atoms with Gasteiger partial charge in [0.05, 0.1) is 11.1 Å². The zero-order chi connectivity index (χ0) is 22.3. The third kappa shape index (κ3) is 3.99. The number of hydrogen-bond donors (Lipinski definition) is 0. The maximum absolute atomic E-state index is 13.6. The highest BCUT2D eigenvalue weighted by atomic mass is 19.4. The van der Waals surface area contributed by atoms with Gasteiger partial charge in [-0.2, -0.15) is 13.2 Å². The van der Waals surface area contributed by atoms with Crippen LogP contribution in [0.3, 0.4) is 0 Å². The van der Waals surface area contributed by atoms with E-state index in [1.165, 1.54) is 29.3 Å². The van der Waals surface area contributed by atoms with Crippen molar-refractivity contribution in [2.75, 3.05) is 31.1 Å². The number of rotatable bonds is 2. The van der Waals surface area contributed by atoms with E-state index in [-0.39, 0.29) is 24.0 Å². The van der Waals surface area contributed by atoms with Crippen molar-refractivity contribution in [3.63, 3.8) is 0 Å². The fourth-order valence-corrected chi connectivity index (χ4v) is 3.83. The predicted octanol–water partition coefficient (Wildman–Crippen LogP) is 3.66. The summed E-state index contributed by atoms with van der Waals surface area (Å²) in [5, 5.41) is 0.121. The average Bonchev–Trinajstić information content (AvgIpc) is 2.75. The van der Waals surface area contributed by atoms with Crippen LogP contribution in [0.2, 0.25) is 0 Å². The lowest BCUT2D eigenvalue weighted by Gasteiger charge is -2.36. The van der Waals surface area contributed by atoms with E-state index in [1.54, 1.807) is 22.6 Å². The molecule has 0 atom stereocenters. The van der Waals surface area contributed by atoms with Gasteiger partial charge in [0.25, 0.3) is 5.91 Å². The number of nitrogens with zero attached hydrogens (tertiary/aromatic N) is 3. The van der Waals surface area contributed by atoms with Gasteiger partial charge in [-0.15, -0.1) is 0 Å². The normalized spacial score (nSPS) is 14.9. The highest BCUT2D eigenvalue weighted by Gasteiger charge is 2.31. The first kappa shape index (κ1) is 20.9. The summed E-state index contributed by atoms with van der Waals surface area (Å²) in [6.07, 6.45) is -2.99. The highest BCUT2D eigenvalue weighted by Crippen LogP contribution is 2.32. The fraction of sp³-hybridized carbons (Fsp3) is 0.273. The summed E-state index contributed by atoms with van der Waals surface area (Å²) >= 11 is 0. The quantitative estimate of drug-likeness (QED) is 0.580. The van der Waals surface area contributed by atoms with Crippen LogP contribution in [0.1, 0.15) is 15.9 Å². The number of carbonyl (C=O) groups is 1. The van der Waals surface area contributed by atoms with E-state index in [2.05, 4.69) is 0 Å². The Bertz CT molecular complexity index is 1210. The zero-order valence-corrected chi connectivity index (χ0v) is 16.6. The van der Waals surface area contributed by atoms with E-state index in [9.17, 15) is 27.2 Å². The van der Waals surface area contributed by atoms with Crippen molar-refractivity contribution in [1.29, 1.82) is 0 Å². The van der Waals surface area contributed by atoms with Gasteiger partial charge in [-0.1, -0.05) is 6.07 Å². The summed E-state index contributed by atoms with van der Waals surface area (Å²) in [4.78, 5) is 29.0. The zero-order valence-electron chi connectivity index (χ0n) is 16.6. The first-order valence-corrected chi connectivity index (χ1v) is 9.65. The summed E-state index contributed by atoms with van der Waals surface area (Å²) in [6.45, 7) is 1.16. The molecule has 0 aliphatic carbocycles. The van der Waals surface area contributed by atoms with E-state index >= 15 is 0 Å². The molecule has 4 rings (SSSR count). The van der Waals surface area contributed by atoms with Crippen LogP contribution in [0.4, 0.5) is 23.2 Å². The Morgan fingerprint density at radius 2 is 1.71 bits per heavy atom. The van der Waals surface area contributed by atoms with Gasteiger partial charge in [-0.25, -0.2) is 4.39 Å². The number of pyridine rings is 1. The Hall–Kier alpha value is -3.36. The van der Waals surface area contributed by atoms with Crippen molar-refractivity contribution >= 4 is 22.5 Å². The molecule has 162 valence electrons. The summed E-state index contributed by atoms with van der Waals surface area (Å²) in [6, 6.07) is 8.89. The Balaban J connectivity index is 1.54. The number of piperazine rings is 1. The monoisotopic (exact) mass is 433 g/mol. The summed E-state index contributed by atoms with van der Waals surface area (Å²) in [7, 11) is 1.67. The minimum atomic E-state index is -4.43. The first-order chi connectivity index (χ1) is 14.6. The van der Waals surface area contributed by atoms with Gasteiger partial charge in [0.2, 0.25) is 5.43 Å². The lowest BCUT2D eigenvalue weighted by atomic mass is 10.1. The van der Waals surface area contributed by atoms with Gasteiger partial charge in [-0.3, -0.25) is 9.59 Å². The molecule has 1 aliphatic rings. The third-order valence-corrected chi connectivity index (χ3v) is 5.49. The van der Waals surface area contributed by atoms with E-state index in [0.717, 1.165) is 18.2 Å². The predicted molar refractivity (Wildman–Crippen MR) is 109 cm³/mol. The Morgan fingerprint density at radius 1 is 1.00 bits per heavy atom. The molecular formula is C22H19F4N3O2. The van der Waals surface area contributed by atoms with E-state index in [0.29, 0.717) is 24.3 Å². The highest BCUT2D eigenvalue weighted by molar-refractivity contribution is 5.97. The molecule has 31 heavy (non-hydrogen) atoms. The molecule has 1 saturated heterocycles. The van der Waals surface area contributed by atoms with E-state index < -0.39 is 28.9 Å². The molecule has 3 aromatic rings. The van der Waals surface area contributed by atoms with Crippen LogP contribution < -0.4 is 10.3 Å². The molecule has 1 amide bonds. The molecule has 5 nitrogen and oxygen atoms in total. The van der Waals surface area contributed by atoms with Crippen LogP contribution in [0, 0.1) is 5.82 Å². The lowest BCUT2D eigenvalue weighted by Crippen LogP contribution is -2.49. The number of aryl methyl sites for hydroxylation is 1. The molecule has 1 aromatic heterocycles. The molecule has 0 unspecified atom stereocenters. The van der Waals surface area contributed by atoms with Gasteiger partial charge in [-0.05, 0) is 36.4 Å². The van der Waals surface area contributed by atoms with Crippen LogP contribution in [0.5, 0.6) is 0 Å². The van der Waals surface area contributed by atoms with Crippen molar-refractivity contribution in [3.8, 4) is 0 Å². The Kier molecular flexibility index (Phi) is 5.20. The maximum atomic E-state index is 13.6. The first-order valence-electron chi connectivity index (χ1n) is 9.65. The summed E-state index contributed by atoms with van der Waals surface area (Å²) in [5.41, 5.74) is -0.391. The standard InChI is InChI=1S/C22H19F4N3O2/c1-27-13-18(20(30)17-12-15(23)5-6-19(17)27)21(31)29-9-7-28(8-10-29)16-4-2-3-14(11-16)22(24,25)26/h2-6,11-13H,7-10H2,1H3. The van der Waals surface area contributed by atoms with Gasteiger partial charge in [0, 0.05) is 50.5 Å². The van der Waals surface area contributed by atoms with Crippen LogP contribution in [0.15, 0.2) is 53.5 Å². The van der Waals surface area contributed by atoms with Crippen LogP contribution in [-0.2, 0) is 13.2 Å². The second-order valence-corrected chi connectivity index (χ2v) is 7.47. The molecule has 1 aliphatic heterocycles. The number of anilines is 1. The molecule has 2 heterocycles. The Morgan fingerprint density at radius 3 is 2.39 bits per heavy atom. The van der Waals surface area contributed by atoms with Crippen molar-refractivity contribution in [1.82, 2.24) is 9.47 Å². The van der Waals surface area contributed by atoms with Crippen molar-refractivity contribution in [3.05, 3.63) is 75.8 Å². The van der Waals surface area contributed by atoms with Crippen molar-refractivity contribution in [2.45, 2.75) is 6.18 Å². The SMILES string of the molecule is Cn1cc(C(=O)N2CCN(c3cccc(C(F)(F)F)c3)CC2)c(=O)c2cc(F)ccc21. The van der Waals surface area contributed by atoms with E-state index in [1.807, 2.05) is 0 Å². The third-order valence-electron chi connectivity index (χ3n) is 5.49. The second-order valence-electron chi connectivity index (χ2n) is 7.47. The Labute approximate surface area is 175 Å². The number of halogens is 4. The lowest BCUT2D eigenvalue weighted by molar-refractivity contribution is -0.137. The molecule has 2 aromatic carbocycles. The molecule has 0 radical (unpaired) electrons. The number of amides is 1. The molecule has 0 saturated carbocycles. The van der Waals surface area contributed by atoms with Gasteiger partial charge >= 0.3 is 6.18 Å². The number of aromatic nitrogens is 1. The van der Waals surface area contributed by atoms with Crippen LogP contribution in [-0.4, -0.2) is 41.6 Å². The number of carbonyl (C=O) groups excluding carboxylic acids is 1. The fourth-order valence-electron chi connectivity index (χ4n) is 3.83. The number of fused-ring (bicyclic) bond motifs is 1. The van der Waals surface area contributed by atoms with Crippen molar-refractivity contribution in [2.24, 2.45) is 7.05 Å². The van der Waals surface area contributed by atoms with Gasteiger partial charge < -0.3 is 14.4 Å². The number of alkyl halides is 3. The van der Waals surface area contributed by atoms with Crippen LogP contribution >= 0.6 is 0 Å². The van der Waals surface area contributed by atoms with Gasteiger partial charge in [0.15, 0.2) is 0 Å². The van der Waals surface area contributed by atoms with Crippen LogP contribution in [0.25, 0.3) is 10.9 Å². The van der Waals surface area contributed by atoms with E-state index in [4.69, 9.17) is 0 Å². The second kappa shape index (κ2) is 7.72. The number of benzene rings is 2. The minimum Gasteiger partial charge on any atom is -0.368 e. The smallest absolute Gasteiger partial charge is 0.368 e. The molecule has 0 bridgehead atoms. The van der Waals surface area contributed by atoms with Crippen molar-refractivity contribution < 1.29 is 22.4 Å². The summed E-state index contributed by atoms with van der Waals surface area (Å²) in [5.74, 6) is -1.04. The molecule has 9 heteroatoms. The largest absolute Gasteiger partial charge is 0.416 e. The molecule has 0 spiro atoms. The topological polar surface area (TPSA) is 45.6 Å². The minimum absolute atomic E-state index is 0.0619. The average molecular weight is 433 g/mol. The van der Waals surface area contributed by atoms with Gasteiger partial charge in [0.1, 0.15) is 11.4 Å². The summed E-state index contributed by atoms with van der Waals surface area (Å²) < 4.78 is 54.1. The molecular weight excluding hydrogens is 414 g/mol. The molecule has 0 N–H and O–H groups in total.